The van der Waals surface area contributed by atoms with Crippen molar-refractivity contribution < 1.29 is 9.53 Å². The fourth-order valence-corrected chi connectivity index (χ4v) is 2.43. The van der Waals surface area contributed by atoms with Crippen LogP contribution < -0.4 is 15.4 Å². The molecule has 1 amide bonds. The quantitative estimate of drug-likeness (QED) is 0.685. The highest BCUT2D eigenvalue weighted by Crippen LogP contribution is 2.27. The predicted molar refractivity (Wildman–Crippen MR) is 98.2 cm³/mol. The van der Waals surface area contributed by atoms with E-state index in [0.29, 0.717) is 22.0 Å². The molecule has 6 heteroatoms. The van der Waals surface area contributed by atoms with Gasteiger partial charge in [-0.25, -0.2) is 4.98 Å². The molecule has 5 nitrogen and oxygen atoms in total. The van der Waals surface area contributed by atoms with E-state index in [1.807, 2.05) is 6.07 Å². The van der Waals surface area contributed by atoms with Crippen LogP contribution in [0.25, 0.3) is 0 Å². The lowest BCUT2D eigenvalue weighted by atomic mass is 10.2. The molecule has 0 spiro atoms. The fourth-order valence-electron chi connectivity index (χ4n) is 2.17. The van der Waals surface area contributed by atoms with Crippen LogP contribution in [-0.2, 0) is 0 Å². The van der Waals surface area contributed by atoms with E-state index in [9.17, 15) is 4.79 Å². The SMILES string of the molecule is CCCCCNc1ccc(C(=O)Nc2ccc(OC)c(Cl)c2)cn1. The fraction of sp³-hybridized carbons (Fsp3) is 0.333. The highest BCUT2D eigenvalue weighted by atomic mass is 35.5. The first-order valence-corrected chi connectivity index (χ1v) is 8.36. The maximum Gasteiger partial charge on any atom is 0.257 e. The number of anilines is 2. The van der Waals surface area contributed by atoms with Crippen molar-refractivity contribution in [1.82, 2.24) is 4.98 Å². The van der Waals surface area contributed by atoms with Gasteiger partial charge in [0.2, 0.25) is 0 Å². The van der Waals surface area contributed by atoms with Crippen molar-refractivity contribution in [3.63, 3.8) is 0 Å². The Hall–Kier alpha value is -2.27. The third kappa shape index (κ3) is 5.13. The van der Waals surface area contributed by atoms with Gasteiger partial charge in [-0.15, -0.1) is 0 Å². The number of nitrogens with zero attached hydrogens (tertiary/aromatic N) is 1. The third-order valence-electron chi connectivity index (χ3n) is 3.52. The molecule has 0 aliphatic heterocycles. The summed E-state index contributed by atoms with van der Waals surface area (Å²) in [7, 11) is 1.54. The second-order valence-corrected chi connectivity index (χ2v) is 5.78. The highest BCUT2D eigenvalue weighted by molar-refractivity contribution is 6.32. The molecular weight excluding hydrogens is 326 g/mol. The minimum Gasteiger partial charge on any atom is -0.495 e. The van der Waals surface area contributed by atoms with Crippen LogP contribution in [0.1, 0.15) is 36.5 Å². The van der Waals surface area contributed by atoms with Crippen LogP contribution in [0.15, 0.2) is 36.5 Å². The van der Waals surface area contributed by atoms with Gasteiger partial charge in [-0.1, -0.05) is 31.4 Å². The van der Waals surface area contributed by atoms with Crippen LogP contribution >= 0.6 is 11.6 Å². The summed E-state index contributed by atoms with van der Waals surface area (Å²) in [6.45, 7) is 3.05. The number of carbonyl (C=O) groups excluding carboxylic acids is 1. The number of ether oxygens (including phenoxy) is 1. The van der Waals surface area contributed by atoms with Crippen molar-refractivity contribution in [1.29, 1.82) is 0 Å². The lowest BCUT2D eigenvalue weighted by Crippen LogP contribution is -2.12. The van der Waals surface area contributed by atoms with Crippen molar-refractivity contribution in [3.8, 4) is 5.75 Å². The van der Waals surface area contributed by atoms with Crippen LogP contribution in [-0.4, -0.2) is 24.5 Å². The number of aromatic nitrogens is 1. The van der Waals surface area contributed by atoms with Gasteiger partial charge in [-0.2, -0.15) is 0 Å². The van der Waals surface area contributed by atoms with E-state index in [-0.39, 0.29) is 5.91 Å². The van der Waals surface area contributed by atoms with Crippen molar-refractivity contribution in [2.75, 3.05) is 24.3 Å². The first-order valence-electron chi connectivity index (χ1n) is 7.99. The van der Waals surface area contributed by atoms with Crippen LogP contribution in [0.2, 0.25) is 5.02 Å². The number of rotatable bonds is 8. The summed E-state index contributed by atoms with van der Waals surface area (Å²) in [6.07, 6.45) is 5.04. The molecule has 0 saturated heterocycles. The zero-order valence-electron chi connectivity index (χ0n) is 13.9. The molecule has 0 fully saturated rings. The lowest BCUT2D eigenvalue weighted by molar-refractivity contribution is 0.102. The van der Waals surface area contributed by atoms with Gasteiger partial charge in [0.25, 0.3) is 5.91 Å². The normalized spacial score (nSPS) is 10.3. The molecular formula is C18H22ClN3O2. The van der Waals surface area contributed by atoms with E-state index < -0.39 is 0 Å². The molecule has 0 atom stereocenters. The molecule has 1 aromatic heterocycles. The van der Waals surface area contributed by atoms with Crippen molar-refractivity contribution in [2.24, 2.45) is 0 Å². The Morgan fingerprint density at radius 2 is 2.08 bits per heavy atom. The molecule has 24 heavy (non-hydrogen) atoms. The van der Waals surface area contributed by atoms with E-state index in [4.69, 9.17) is 16.3 Å². The van der Waals surface area contributed by atoms with E-state index >= 15 is 0 Å². The Kier molecular flexibility index (Phi) is 6.88. The largest absolute Gasteiger partial charge is 0.495 e. The summed E-state index contributed by atoms with van der Waals surface area (Å²) in [6, 6.07) is 8.64. The smallest absolute Gasteiger partial charge is 0.257 e. The van der Waals surface area contributed by atoms with E-state index in [1.54, 1.807) is 37.6 Å². The Morgan fingerprint density at radius 1 is 1.25 bits per heavy atom. The van der Waals surface area contributed by atoms with E-state index in [1.165, 1.54) is 12.8 Å². The number of unbranched alkanes of at least 4 members (excludes halogenated alkanes) is 2. The molecule has 1 aromatic carbocycles. The predicted octanol–water partition coefficient (Wildman–Crippen LogP) is 4.60. The van der Waals surface area contributed by atoms with Crippen molar-refractivity contribution >= 4 is 29.0 Å². The Balaban J connectivity index is 1.93. The maximum atomic E-state index is 12.2. The second kappa shape index (κ2) is 9.13. The average molecular weight is 348 g/mol. The van der Waals surface area contributed by atoms with Crippen LogP contribution in [0, 0.1) is 0 Å². The summed E-state index contributed by atoms with van der Waals surface area (Å²) in [5.74, 6) is 1.10. The number of hydrogen-bond acceptors (Lipinski definition) is 4. The van der Waals surface area contributed by atoms with E-state index in [2.05, 4.69) is 22.5 Å². The molecule has 0 unspecified atom stereocenters. The number of hydrogen-bond donors (Lipinski definition) is 2. The number of methoxy groups -OCH3 is 1. The van der Waals surface area contributed by atoms with Gasteiger partial charge in [0.15, 0.2) is 0 Å². The Morgan fingerprint density at radius 3 is 2.71 bits per heavy atom. The summed E-state index contributed by atoms with van der Waals surface area (Å²) in [5, 5.41) is 6.48. The number of amides is 1. The van der Waals surface area contributed by atoms with E-state index in [0.717, 1.165) is 18.8 Å². The first-order chi connectivity index (χ1) is 11.6. The summed E-state index contributed by atoms with van der Waals surface area (Å²) in [4.78, 5) is 16.5. The number of nitrogens with one attached hydrogen (secondary N) is 2. The summed E-state index contributed by atoms with van der Waals surface area (Å²) < 4.78 is 5.09. The van der Waals surface area contributed by atoms with Gasteiger partial charge in [-0.3, -0.25) is 4.79 Å². The molecule has 0 saturated carbocycles. The maximum absolute atomic E-state index is 12.2. The standard InChI is InChI=1S/C18H22ClN3O2/c1-3-4-5-10-20-17-9-6-13(12-21-17)18(23)22-14-7-8-16(24-2)15(19)11-14/h6-9,11-12H,3-5,10H2,1-2H3,(H,20,21)(H,22,23). The molecule has 128 valence electrons. The summed E-state index contributed by atoms with van der Waals surface area (Å²) in [5.41, 5.74) is 1.09. The van der Waals surface area contributed by atoms with Crippen LogP contribution in [0.3, 0.4) is 0 Å². The highest BCUT2D eigenvalue weighted by Gasteiger charge is 2.08. The Bertz CT molecular complexity index is 674. The monoisotopic (exact) mass is 347 g/mol. The third-order valence-corrected chi connectivity index (χ3v) is 3.82. The second-order valence-electron chi connectivity index (χ2n) is 5.37. The number of benzene rings is 1. The molecule has 0 aliphatic carbocycles. The van der Waals surface area contributed by atoms with Gasteiger partial charge in [-0.05, 0) is 36.8 Å². The van der Waals surface area contributed by atoms with Gasteiger partial charge >= 0.3 is 0 Å². The molecule has 2 aromatic rings. The molecule has 1 heterocycles. The number of carbonyl (C=O) groups is 1. The average Bonchev–Trinajstić information content (AvgIpc) is 2.59. The van der Waals surface area contributed by atoms with Gasteiger partial charge in [0.05, 0.1) is 17.7 Å². The number of halogens is 1. The van der Waals surface area contributed by atoms with Crippen LogP contribution in [0.5, 0.6) is 5.75 Å². The lowest BCUT2D eigenvalue weighted by Gasteiger charge is -2.09. The minimum atomic E-state index is -0.235. The van der Waals surface area contributed by atoms with Crippen molar-refractivity contribution in [2.45, 2.75) is 26.2 Å². The minimum absolute atomic E-state index is 0.235. The number of pyridine rings is 1. The molecule has 2 N–H and O–H groups in total. The van der Waals surface area contributed by atoms with Gasteiger partial charge < -0.3 is 15.4 Å². The molecule has 0 aliphatic rings. The molecule has 0 radical (unpaired) electrons. The Labute approximate surface area is 147 Å². The van der Waals surface area contributed by atoms with Crippen LogP contribution in [0.4, 0.5) is 11.5 Å². The molecule has 2 rings (SSSR count). The zero-order valence-corrected chi connectivity index (χ0v) is 14.7. The zero-order chi connectivity index (χ0) is 17.4. The van der Waals surface area contributed by atoms with Crippen molar-refractivity contribution in [3.05, 3.63) is 47.1 Å². The topological polar surface area (TPSA) is 63.2 Å². The summed E-state index contributed by atoms with van der Waals surface area (Å²) >= 11 is 6.05. The van der Waals surface area contributed by atoms with Gasteiger partial charge in [0.1, 0.15) is 11.6 Å². The first kappa shape index (κ1) is 18.1. The van der Waals surface area contributed by atoms with Gasteiger partial charge in [0, 0.05) is 18.4 Å². The molecule has 0 bridgehead atoms.